The summed E-state index contributed by atoms with van der Waals surface area (Å²) in [6, 6.07) is 6.64. The Morgan fingerprint density at radius 1 is 1.00 bits per heavy atom. The predicted molar refractivity (Wildman–Crippen MR) is 87.9 cm³/mol. The molecule has 0 aliphatic carbocycles. The van der Waals surface area contributed by atoms with E-state index in [1.807, 2.05) is 0 Å². The van der Waals surface area contributed by atoms with Gasteiger partial charge in [-0.15, -0.1) is 0 Å². The number of rotatable bonds is 4. The molecule has 0 spiro atoms. The maximum Gasteiger partial charge on any atom is 0.291 e. The summed E-state index contributed by atoms with van der Waals surface area (Å²) in [5, 5.41) is 2.65. The lowest BCUT2D eigenvalue weighted by molar-refractivity contribution is -0.127. The van der Waals surface area contributed by atoms with Gasteiger partial charge in [-0.1, -0.05) is 12.8 Å². The fraction of sp³-hybridized carbons (Fsp3) is 0.333. The number of carbonyl (C=O) groups excluding carboxylic acids is 2. The summed E-state index contributed by atoms with van der Waals surface area (Å²) >= 11 is 0. The van der Waals surface area contributed by atoms with Gasteiger partial charge in [-0.3, -0.25) is 9.59 Å². The zero-order valence-electron chi connectivity index (χ0n) is 13.4. The molecule has 0 bridgehead atoms. The van der Waals surface area contributed by atoms with Crippen molar-refractivity contribution >= 4 is 17.9 Å². The zero-order valence-corrected chi connectivity index (χ0v) is 13.4. The van der Waals surface area contributed by atoms with E-state index in [0.29, 0.717) is 18.8 Å². The first kappa shape index (κ1) is 16.1. The fourth-order valence-electron chi connectivity index (χ4n) is 2.70. The van der Waals surface area contributed by atoms with Gasteiger partial charge in [-0.2, -0.15) is 0 Å². The summed E-state index contributed by atoms with van der Waals surface area (Å²) in [6.07, 6.45) is 8.70. The normalized spacial score (nSPS) is 15.8. The van der Waals surface area contributed by atoms with Gasteiger partial charge < -0.3 is 19.1 Å². The second kappa shape index (κ2) is 7.68. The van der Waals surface area contributed by atoms with Gasteiger partial charge >= 0.3 is 0 Å². The van der Waals surface area contributed by atoms with Gasteiger partial charge in [0.05, 0.1) is 12.5 Å². The van der Waals surface area contributed by atoms with Crippen molar-refractivity contribution < 1.29 is 18.4 Å². The number of hydrogen-bond acceptors (Lipinski definition) is 4. The topological polar surface area (TPSA) is 75.7 Å². The van der Waals surface area contributed by atoms with E-state index in [1.54, 1.807) is 35.2 Å². The van der Waals surface area contributed by atoms with Crippen molar-refractivity contribution in [1.29, 1.82) is 0 Å². The molecule has 6 heteroatoms. The summed E-state index contributed by atoms with van der Waals surface area (Å²) < 4.78 is 10.4. The molecule has 0 radical (unpaired) electrons. The zero-order chi connectivity index (χ0) is 16.8. The molecule has 0 saturated carbocycles. The molecule has 2 amide bonds. The highest BCUT2D eigenvalue weighted by molar-refractivity contribution is 6.04. The van der Waals surface area contributed by atoms with Crippen molar-refractivity contribution in [2.24, 2.45) is 0 Å². The van der Waals surface area contributed by atoms with E-state index in [0.717, 1.165) is 25.7 Å². The maximum absolute atomic E-state index is 12.9. The van der Waals surface area contributed by atoms with E-state index in [1.165, 1.54) is 12.5 Å². The molecule has 2 aromatic rings. The molecule has 2 aromatic heterocycles. The maximum atomic E-state index is 12.9. The molecule has 3 rings (SSSR count). The number of nitrogens with one attached hydrogen (secondary N) is 1. The van der Waals surface area contributed by atoms with Crippen LogP contribution in [-0.4, -0.2) is 29.8 Å². The molecule has 1 saturated heterocycles. The lowest BCUT2D eigenvalue weighted by Crippen LogP contribution is -2.38. The first-order chi connectivity index (χ1) is 11.7. The van der Waals surface area contributed by atoms with Crippen LogP contribution in [0.15, 0.2) is 51.3 Å². The van der Waals surface area contributed by atoms with Crippen LogP contribution in [0, 0.1) is 0 Å². The summed E-state index contributed by atoms with van der Waals surface area (Å²) in [4.78, 5) is 26.9. The van der Waals surface area contributed by atoms with Crippen molar-refractivity contribution in [3.63, 3.8) is 0 Å². The molecule has 0 atom stereocenters. The van der Waals surface area contributed by atoms with Crippen molar-refractivity contribution in [1.82, 2.24) is 10.2 Å². The van der Waals surface area contributed by atoms with Gasteiger partial charge in [0.15, 0.2) is 5.76 Å². The highest BCUT2D eigenvalue weighted by Crippen LogP contribution is 2.14. The molecule has 126 valence electrons. The minimum Gasteiger partial charge on any atom is -0.465 e. The summed E-state index contributed by atoms with van der Waals surface area (Å²) in [5.74, 6) is 0.00566. The first-order valence-corrected chi connectivity index (χ1v) is 8.13. The van der Waals surface area contributed by atoms with Gasteiger partial charge in [0.1, 0.15) is 11.5 Å². The lowest BCUT2D eigenvalue weighted by atomic mass is 10.2. The number of amides is 2. The third-order valence-corrected chi connectivity index (χ3v) is 3.95. The molecule has 0 unspecified atom stereocenters. The van der Waals surface area contributed by atoms with Gasteiger partial charge in [0.25, 0.3) is 11.8 Å². The molecular formula is C18H20N2O4. The molecule has 1 aliphatic rings. The van der Waals surface area contributed by atoms with Crippen LogP contribution in [0.1, 0.15) is 42.0 Å². The van der Waals surface area contributed by atoms with E-state index in [2.05, 4.69) is 5.32 Å². The van der Waals surface area contributed by atoms with E-state index in [9.17, 15) is 9.59 Å². The van der Waals surface area contributed by atoms with Crippen LogP contribution in [0.3, 0.4) is 0 Å². The second-order valence-corrected chi connectivity index (χ2v) is 5.71. The summed E-state index contributed by atoms with van der Waals surface area (Å²) in [5.41, 5.74) is 0.188. The summed E-state index contributed by atoms with van der Waals surface area (Å²) in [7, 11) is 0. The minimum absolute atomic E-state index is 0.156. The molecule has 1 aliphatic heterocycles. The van der Waals surface area contributed by atoms with Crippen LogP contribution in [0.5, 0.6) is 0 Å². The van der Waals surface area contributed by atoms with Crippen molar-refractivity contribution in [2.75, 3.05) is 13.1 Å². The molecule has 1 fully saturated rings. The molecule has 1 N–H and O–H groups in total. The van der Waals surface area contributed by atoms with E-state index in [4.69, 9.17) is 8.83 Å². The summed E-state index contributed by atoms with van der Waals surface area (Å²) in [6.45, 7) is 1.40. The third-order valence-electron chi connectivity index (χ3n) is 3.95. The van der Waals surface area contributed by atoms with Crippen molar-refractivity contribution in [3.8, 4) is 0 Å². The van der Waals surface area contributed by atoms with Crippen LogP contribution in [-0.2, 0) is 4.79 Å². The average molecular weight is 328 g/mol. The van der Waals surface area contributed by atoms with Gasteiger partial charge in [-0.25, -0.2) is 0 Å². The van der Waals surface area contributed by atoms with Crippen LogP contribution < -0.4 is 5.32 Å². The SMILES string of the molecule is O=C(N/C(=C\c1ccco1)C(=O)N1CCCCCC1)c1ccco1. The number of carbonyl (C=O) groups is 2. The monoisotopic (exact) mass is 328 g/mol. The molecule has 3 heterocycles. The van der Waals surface area contributed by atoms with Crippen molar-refractivity contribution in [3.05, 3.63) is 54.0 Å². The van der Waals surface area contributed by atoms with Crippen LogP contribution in [0.2, 0.25) is 0 Å². The highest BCUT2D eigenvalue weighted by atomic mass is 16.3. The Morgan fingerprint density at radius 2 is 1.71 bits per heavy atom. The molecule has 0 aromatic carbocycles. The lowest BCUT2D eigenvalue weighted by Gasteiger charge is -2.22. The Labute approximate surface area is 140 Å². The highest BCUT2D eigenvalue weighted by Gasteiger charge is 2.22. The molecule has 6 nitrogen and oxygen atoms in total. The van der Waals surface area contributed by atoms with Gasteiger partial charge in [0, 0.05) is 19.2 Å². The van der Waals surface area contributed by atoms with Crippen LogP contribution in [0.25, 0.3) is 6.08 Å². The number of likely N-dealkylation sites (tertiary alicyclic amines) is 1. The Kier molecular flexibility index (Phi) is 5.15. The largest absolute Gasteiger partial charge is 0.465 e. The third kappa shape index (κ3) is 3.95. The van der Waals surface area contributed by atoms with E-state index in [-0.39, 0.29) is 17.4 Å². The Morgan fingerprint density at radius 3 is 2.33 bits per heavy atom. The van der Waals surface area contributed by atoms with Gasteiger partial charge in [-0.05, 0) is 37.1 Å². The Bertz CT molecular complexity index is 693. The predicted octanol–water partition coefficient (Wildman–Crippen LogP) is 3.05. The quantitative estimate of drug-likeness (QED) is 0.875. The molecule has 24 heavy (non-hydrogen) atoms. The first-order valence-electron chi connectivity index (χ1n) is 8.13. The number of nitrogens with zero attached hydrogens (tertiary/aromatic N) is 1. The van der Waals surface area contributed by atoms with Crippen LogP contribution >= 0.6 is 0 Å². The molecular weight excluding hydrogens is 308 g/mol. The number of furan rings is 2. The van der Waals surface area contributed by atoms with Gasteiger partial charge in [0.2, 0.25) is 0 Å². The van der Waals surface area contributed by atoms with Crippen LogP contribution in [0.4, 0.5) is 0 Å². The van der Waals surface area contributed by atoms with E-state index < -0.39 is 5.91 Å². The standard InChI is InChI=1S/C18H20N2O4/c21-17(16-8-6-12-24-16)19-15(13-14-7-5-11-23-14)18(22)20-9-3-1-2-4-10-20/h5-8,11-13H,1-4,9-10H2,(H,19,21)/b15-13-. The Hall–Kier alpha value is -2.76. The minimum atomic E-state index is -0.457. The Balaban J connectivity index is 1.81. The van der Waals surface area contributed by atoms with E-state index >= 15 is 0 Å². The number of hydrogen-bond donors (Lipinski definition) is 1. The van der Waals surface area contributed by atoms with Crippen molar-refractivity contribution in [2.45, 2.75) is 25.7 Å². The smallest absolute Gasteiger partial charge is 0.291 e. The average Bonchev–Trinajstić information content (AvgIpc) is 3.23. The second-order valence-electron chi connectivity index (χ2n) is 5.71. The fourth-order valence-corrected chi connectivity index (χ4v) is 2.70.